The summed E-state index contributed by atoms with van der Waals surface area (Å²) in [6, 6.07) is 7.14. The second kappa shape index (κ2) is 12.5. The van der Waals surface area contributed by atoms with Gasteiger partial charge in [0, 0.05) is 50.1 Å². The maximum atomic E-state index is 12.6. The summed E-state index contributed by atoms with van der Waals surface area (Å²) in [7, 11) is 0. The number of aryl methyl sites for hydroxylation is 2. The van der Waals surface area contributed by atoms with Crippen molar-refractivity contribution >= 4 is 40.7 Å². The van der Waals surface area contributed by atoms with Gasteiger partial charge in [0.25, 0.3) is 11.1 Å². The number of benzene rings is 1. The molecule has 5 rings (SSSR count). The van der Waals surface area contributed by atoms with Gasteiger partial charge in [-0.25, -0.2) is 15.0 Å². The average molecular weight is 575 g/mol. The average Bonchev–Trinajstić information content (AvgIpc) is 3.22. The van der Waals surface area contributed by atoms with Crippen LogP contribution in [0.5, 0.6) is 17.6 Å². The first-order valence-corrected chi connectivity index (χ1v) is 14.2. The smallest absolute Gasteiger partial charge is 0.325 e. The summed E-state index contributed by atoms with van der Waals surface area (Å²) in [5, 5.41) is -0.464. The molecule has 0 atom stereocenters. The lowest BCUT2D eigenvalue weighted by Gasteiger charge is -2.32. The molecule has 2 saturated heterocycles. The SMILES string of the molecule is CCc1cnc(N2CCC(Oc3nc(Oc4cccc(/C=C5\SC(=O)N(CC(C)=O)C5=O)c4)ncc3C)CC2)nc1. The van der Waals surface area contributed by atoms with Gasteiger partial charge in [-0.15, -0.1) is 0 Å². The fourth-order valence-electron chi connectivity index (χ4n) is 4.39. The normalized spacial score (nSPS) is 16.9. The maximum Gasteiger partial charge on any atom is 0.325 e. The molecule has 2 aliphatic heterocycles. The molecule has 4 heterocycles. The number of piperidine rings is 1. The lowest BCUT2D eigenvalue weighted by molar-refractivity contribution is -0.127. The van der Waals surface area contributed by atoms with Crippen molar-refractivity contribution in [2.45, 2.75) is 46.1 Å². The van der Waals surface area contributed by atoms with E-state index in [0.717, 1.165) is 66.1 Å². The van der Waals surface area contributed by atoms with E-state index >= 15 is 0 Å². The molecular formula is C29H30N6O5S. The van der Waals surface area contributed by atoms with E-state index in [4.69, 9.17) is 9.47 Å². The number of ether oxygens (including phenoxy) is 2. The number of nitrogens with zero attached hydrogens (tertiary/aromatic N) is 6. The van der Waals surface area contributed by atoms with Crippen LogP contribution in [0.2, 0.25) is 0 Å². The zero-order valence-electron chi connectivity index (χ0n) is 23.1. The minimum Gasteiger partial charge on any atom is -0.474 e. The molecule has 12 heteroatoms. The van der Waals surface area contributed by atoms with Crippen molar-refractivity contribution in [1.82, 2.24) is 24.8 Å². The molecule has 1 aromatic carbocycles. The van der Waals surface area contributed by atoms with Gasteiger partial charge in [0.1, 0.15) is 17.6 Å². The molecule has 0 unspecified atom stereocenters. The number of aromatic nitrogens is 4. The number of hydrogen-bond acceptors (Lipinski definition) is 11. The van der Waals surface area contributed by atoms with Crippen LogP contribution in [-0.4, -0.2) is 67.5 Å². The van der Waals surface area contributed by atoms with Crippen LogP contribution in [0.4, 0.5) is 10.7 Å². The van der Waals surface area contributed by atoms with Crippen molar-refractivity contribution in [3.05, 3.63) is 64.5 Å². The monoisotopic (exact) mass is 574 g/mol. The van der Waals surface area contributed by atoms with Crippen LogP contribution in [0.3, 0.4) is 0 Å². The van der Waals surface area contributed by atoms with Crippen LogP contribution < -0.4 is 14.4 Å². The fraction of sp³-hybridized carbons (Fsp3) is 0.345. The highest BCUT2D eigenvalue weighted by Gasteiger charge is 2.35. The van der Waals surface area contributed by atoms with Gasteiger partial charge in [0.15, 0.2) is 0 Å². The molecule has 2 aromatic heterocycles. The van der Waals surface area contributed by atoms with Crippen molar-refractivity contribution in [1.29, 1.82) is 0 Å². The lowest BCUT2D eigenvalue weighted by atomic mass is 10.1. The first kappa shape index (κ1) is 28.2. The largest absolute Gasteiger partial charge is 0.474 e. The van der Waals surface area contributed by atoms with Crippen molar-refractivity contribution < 1.29 is 23.9 Å². The molecule has 212 valence electrons. The Labute approximate surface area is 242 Å². The molecule has 3 aromatic rings. The summed E-state index contributed by atoms with van der Waals surface area (Å²) in [5.74, 6) is 0.913. The maximum absolute atomic E-state index is 12.6. The van der Waals surface area contributed by atoms with Crippen LogP contribution in [0.15, 0.2) is 47.8 Å². The van der Waals surface area contributed by atoms with Gasteiger partial charge in [-0.05, 0) is 61.4 Å². The minimum absolute atomic E-state index is 0.00991. The molecule has 2 aliphatic rings. The fourth-order valence-corrected chi connectivity index (χ4v) is 5.23. The van der Waals surface area contributed by atoms with Crippen molar-refractivity contribution in [2.24, 2.45) is 0 Å². The summed E-state index contributed by atoms with van der Waals surface area (Å²) in [6.45, 7) is 6.63. The number of amides is 2. The highest BCUT2D eigenvalue weighted by molar-refractivity contribution is 8.18. The predicted octanol–water partition coefficient (Wildman–Crippen LogP) is 4.60. The summed E-state index contributed by atoms with van der Waals surface area (Å²) in [5.41, 5.74) is 2.57. The molecule has 0 aliphatic carbocycles. The zero-order valence-corrected chi connectivity index (χ0v) is 23.9. The quantitative estimate of drug-likeness (QED) is 0.333. The number of carbonyl (C=O) groups is 3. The van der Waals surface area contributed by atoms with Crippen LogP contribution in [0.25, 0.3) is 6.08 Å². The van der Waals surface area contributed by atoms with Crippen LogP contribution in [0.1, 0.15) is 43.4 Å². The molecule has 11 nitrogen and oxygen atoms in total. The number of rotatable bonds is 9. The topological polar surface area (TPSA) is 128 Å². The molecule has 2 amide bonds. The Kier molecular flexibility index (Phi) is 8.58. The molecule has 0 bridgehead atoms. The van der Waals surface area contributed by atoms with E-state index in [1.54, 1.807) is 36.5 Å². The van der Waals surface area contributed by atoms with Crippen LogP contribution in [-0.2, 0) is 16.0 Å². The van der Waals surface area contributed by atoms with Gasteiger partial charge < -0.3 is 14.4 Å². The summed E-state index contributed by atoms with van der Waals surface area (Å²) in [6.07, 6.45) is 9.51. The number of Topliss-reactive ketones (excluding diaryl/α,β-unsaturated/α-hetero) is 1. The molecule has 0 radical (unpaired) electrons. The predicted molar refractivity (Wildman–Crippen MR) is 154 cm³/mol. The number of carbonyl (C=O) groups excluding carboxylic acids is 3. The molecule has 0 saturated carbocycles. The Hall–Kier alpha value is -4.32. The highest BCUT2D eigenvalue weighted by Crippen LogP contribution is 2.33. The van der Waals surface area contributed by atoms with Gasteiger partial charge in [-0.3, -0.25) is 19.3 Å². The number of ketones is 1. The Morgan fingerprint density at radius 3 is 2.59 bits per heavy atom. The third-order valence-electron chi connectivity index (χ3n) is 6.63. The minimum atomic E-state index is -0.488. The van der Waals surface area contributed by atoms with Crippen molar-refractivity contribution in [3.63, 3.8) is 0 Å². The Morgan fingerprint density at radius 1 is 1.12 bits per heavy atom. The van der Waals surface area contributed by atoms with Crippen molar-refractivity contribution in [2.75, 3.05) is 24.5 Å². The Morgan fingerprint density at radius 2 is 1.88 bits per heavy atom. The summed E-state index contributed by atoms with van der Waals surface area (Å²) in [4.78, 5) is 57.2. The zero-order chi connectivity index (χ0) is 28.9. The number of thioether (sulfide) groups is 1. The molecule has 2 fully saturated rings. The summed E-state index contributed by atoms with van der Waals surface area (Å²) >= 11 is 0.803. The first-order chi connectivity index (χ1) is 19.8. The number of anilines is 1. The van der Waals surface area contributed by atoms with Crippen molar-refractivity contribution in [3.8, 4) is 17.6 Å². The second-order valence-electron chi connectivity index (χ2n) is 9.83. The van der Waals surface area contributed by atoms with Gasteiger partial charge in [0.05, 0.1) is 11.4 Å². The first-order valence-electron chi connectivity index (χ1n) is 13.4. The molecular weight excluding hydrogens is 544 g/mol. The van der Waals surface area contributed by atoms with E-state index in [1.807, 2.05) is 19.3 Å². The van der Waals surface area contributed by atoms with Gasteiger partial charge >= 0.3 is 6.01 Å². The Balaban J connectivity index is 1.21. The standard InChI is InChI=1S/C29H30N6O5S/c1-4-20-15-30-27(31-16-20)34-10-8-22(9-11-34)39-25-18(2)14-32-28(33-25)40-23-7-5-6-21(12-23)13-24-26(37)35(17-19(3)36)29(38)41-24/h5-7,12-16,22H,4,8-11,17H2,1-3H3/b24-13-. The molecule has 41 heavy (non-hydrogen) atoms. The Bertz CT molecular complexity index is 1490. The molecule has 0 spiro atoms. The van der Waals surface area contributed by atoms with E-state index in [1.165, 1.54) is 6.92 Å². The third kappa shape index (κ3) is 6.88. The van der Waals surface area contributed by atoms with E-state index < -0.39 is 11.1 Å². The van der Waals surface area contributed by atoms with Gasteiger partial charge in [-0.1, -0.05) is 19.1 Å². The third-order valence-corrected chi connectivity index (χ3v) is 7.53. The lowest BCUT2D eigenvalue weighted by Crippen LogP contribution is -2.39. The molecule has 0 N–H and O–H groups in total. The number of hydrogen-bond donors (Lipinski definition) is 0. The van der Waals surface area contributed by atoms with Gasteiger partial charge in [-0.2, -0.15) is 4.98 Å². The van der Waals surface area contributed by atoms with Gasteiger partial charge in [0.2, 0.25) is 11.8 Å². The van der Waals surface area contributed by atoms with E-state index in [-0.39, 0.29) is 29.3 Å². The van der Waals surface area contributed by atoms with Crippen LogP contribution in [0, 0.1) is 6.92 Å². The van der Waals surface area contributed by atoms with E-state index in [9.17, 15) is 14.4 Å². The second-order valence-corrected chi connectivity index (χ2v) is 10.8. The van der Waals surface area contributed by atoms with Crippen LogP contribution >= 0.6 is 11.8 Å². The van der Waals surface area contributed by atoms with E-state index in [2.05, 4.69) is 31.8 Å². The highest BCUT2D eigenvalue weighted by atomic mass is 32.2. The van der Waals surface area contributed by atoms with E-state index in [0.29, 0.717) is 17.2 Å². The summed E-state index contributed by atoms with van der Waals surface area (Å²) < 4.78 is 12.2. The number of imide groups is 1.